The highest BCUT2D eigenvalue weighted by molar-refractivity contribution is 5.10. The molecular weight excluding hydrogens is 136 g/mol. The van der Waals surface area contributed by atoms with Gasteiger partial charge < -0.3 is 5.11 Å². The molecule has 2 rings (SSSR count). The third-order valence-electron chi connectivity index (χ3n) is 4.44. The van der Waals surface area contributed by atoms with E-state index in [0.29, 0.717) is 5.92 Å². The molecule has 1 unspecified atom stereocenters. The molecular formula is C10H18O. The van der Waals surface area contributed by atoms with Gasteiger partial charge in [0.25, 0.3) is 0 Å². The largest absolute Gasteiger partial charge is 0.393 e. The molecule has 0 amide bonds. The van der Waals surface area contributed by atoms with Gasteiger partial charge in [-0.2, -0.15) is 0 Å². The third kappa shape index (κ3) is 0.658. The molecule has 0 aromatic carbocycles. The average Bonchev–Trinajstić information content (AvgIpc) is 2.26. The summed E-state index contributed by atoms with van der Waals surface area (Å²) < 4.78 is 7.86. The fraction of sp³-hybridized carbons (Fsp3) is 1.00. The molecule has 2 aliphatic carbocycles. The standard InChI is InChI=1S/C10H18O/c1-9(2)7-4-5-10(9,3)8(11)6-7/h7-8,11H,4-6H2,1-3H3/t7-,8-,10+/m1/s1/i6D/t6?,7-,8-,10+. The van der Waals surface area contributed by atoms with E-state index >= 15 is 0 Å². The van der Waals surface area contributed by atoms with Crippen LogP contribution in [0.1, 0.15) is 41.4 Å². The lowest BCUT2D eigenvalue weighted by Gasteiger charge is -2.36. The first-order valence-electron chi connectivity index (χ1n) is 5.09. The van der Waals surface area contributed by atoms with Gasteiger partial charge in [0.05, 0.1) is 6.10 Å². The zero-order chi connectivity index (χ0) is 9.15. The minimum atomic E-state index is -0.397. The molecule has 0 aliphatic heterocycles. The number of fused-ring (bicyclic) bond motifs is 2. The normalized spacial score (nSPS) is 61.5. The molecule has 4 atom stereocenters. The first-order chi connectivity index (χ1) is 5.41. The molecule has 0 spiro atoms. The van der Waals surface area contributed by atoms with Crippen LogP contribution >= 0.6 is 0 Å². The second-order valence-corrected chi connectivity index (χ2v) is 4.92. The van der Waals surface area contributed by atoms with Crippen LogP contribution in [0.3, 0.4) is 0 Å². The Kier molecular flexibility index (Phi) is 1.07. The molecule has 2 aliphatic rings. The number of aliphatic hydroxyl groups excluding tert-OH is 1. The topological polar surface area (TPSA) is 20.2 Å². The summed E-state index contributed by atoms with van der Waals surface area (Å²) >= 11 is 0. The molecule has 0 radical (unpaired) electrons. The van der Waals surface area contributed by atoms with E-state index in [1.165, 1.54) is 0 Å². The summed E-state index contributed by atoms with van der Waals surface area (Å²) in [7, 11) is 0. The minimum Gasteiger partial charge on any atom is -0.393 e. The summed E-state index contributed by atoms with van der Waals surface area (Å²) in [5.74, 6) is 0.414. The van der Waals surface area contributed by atoms with Crippen molar-refractivity contribution in [1.82, 2.24) is 0 Å². The Bertz CT molecular complexity index is 214. The van der Waals surface area contributed by atoms with Crippen LogP contribution in [0.4, 0.5) is 0 Å². The Balaban J connectivity index is 2.44. The van der Waals surface area contributed by atoms with E-state index in [0.717, 1.165) is 12.8 Å². The lowest BCUT2D eigenvalue weighted by atomic mass is 9.70. The average molecular weight is 155 g/mol. The Morgan fingerprint density at radius 3 is 2.36 bits per heavy atom. The van der Waals surface area contributed by atoms with Crippen LogP contribution < -0.4 is 0 Å². The number of aliphatic hydroxyl groups is 1. The Hall–Kier alpha value is -0.0400. The van der Waals surface area contributed by atoms with Crippen molar-refractivity contribution in [1.29, 1.82) is 0 Å². The van der Waals surface area contributed by atoms with E-state index in [2.05, 4.69) is 20.8 Å². The third-order valence-corrected chi connectivity index (χ3v) is 4.44. The van der Waals surface area contributed by atoms with Crippen molar-refractivity contribution >= 4 is 0 Å². The molecule has 0 heterocycles. The van der Waals surface area contributed by atoms with Crippen LogP contribution in [0.2, 0.25) is 0 Å². The molecule has 2 bridgehead atoms. The van der Waals surface area contributed by atoms with Gasteiger partial charge in [-0.15, -0.1) is 0 Å². The zero-order valence-corrected chi connectivity index (χ0v) is 7.59. The Morgan fingerprint density at radius 1 is 1.45 bits per heavy atom. The lowest BCUT2D eigenvalue weighted by Crippen LogP contribution is -2.35. The fourth-order valence-electron chi connectivity index (χ4n) is 2.86. The van der Waals surface area contributed by atoms with Crippen LogP contribution in [0, 0.1) is 16.7 Å². The quantitative estimate of drug-likeness (QED) is 0.568. The van der Waals surface area contributed by atoms with E-state index in [-0.39, 0.29) is 17.2 Å². The van der Waals surface area contributed by atoms with Crippen molar-refractivity contribution in [3.05, 3.63) is 0 Å². The van der Waals surface area contributed by atoms with E-state index in [4.69, 9.17) is 1.37 Å². The summed E-state index contributed by atoms with van der Waals surface area (Å²) in [5, 5.41) is 9.90. The molecule has 1 nitrogen and oxygen atoms in total. The monoisotopic (exact) mass is 155 g/mol. The van der Waals surface area contributed by atoms with Gasteiger partial charge in [-0.05, 0) is 36.0 Å². The van der Waals surface area contributed by atoms with Gasteiger partial charge in [-0.25, -0.2) is 0 Å². The molecule has 2 fully saturated rings. The number of hydrogen-bond donors (Lipinski definition) is 1. The number of rotatable bonds is 0. The predicted octanol–water partition coefficient (Wildman–Crippen LogP) is 2.19. The summed E-state index contributed by atoms with van der Waals surface area (Å²) in [6.45, 7) is 6.57. The molecule has 0 aromatic rings. The molecule has 11 heavy (non-hydrogen) atoms. The van der Waals surface area contributed by atoms with Gasteiger partial charge in [0.1, 0.15) is 0 Å². The van der Waals surface area contributed by atoms with Gasteiger partial charge in [0.2, 0.25) is 0 Å². The van der Waals surface area contributed by atoms with Crippen molar-refractivity contribution in [3.8, 4) is 0 Å². The van der Waals surface area contributed by atoms with Crippen molar-refractivity contribution in [2.45, 2.75) is 46.1 Å². The predicted molar refractivity (Wildman–Crippen MR) is 45.2 cm³/mol. The van der Waals surface area contributed by atoms with Gasteiger partial charge >= 0.3 is 0 Å². The smallest absolute Gasteiger partial charge is 0.0601 e. The highest BCUT2D eigenvalue weighted by atomic mass is 16.3. The van der Waals surface area contributed by atoms with E-state index in [9.17, 15) is 5.11 Å². The van der Waals surface area contributed by atoms with Gasteiger partial charge in [0, 0.05) is 1.37 Å². The minimum absolute atomic E-state index is 0.00405. The van der Waals surface area contributed by atoms with Crippen LogP contribution in [0.25, 0.3) is 0 Å². The van der Waals surface area contributed by atoms with Crippen molar-refractivity contribution in [2.24, 2.45) is 16.7 Å². The summed E-state index contributed by atoms with van der Waals surface area (Å²) in [5.41, 5.74) is 0.170. The molecule has 0 saturated heterocycles. The second kappa shape index (κ2) is 1.82. The Morgan fingerprint density at radius 2 is 2.09 bits per heavy atom. The van der Waals surface area contributed by atoms with Crippen LogP contribution in [0.5, 0.6) is 0 Å². The SMILES string of the molecule is [2H]C1[C@H]2CC[C@@](C)([C@@H]1O)C2(C)C. The van der Waals surface area contributed by atoms with E-state index in [1.807, 2.05) is 0 Å². The van der Waals surface area contributed by atoms with Crippen LogP contribution in [0.15, 0.2) is 0 Å². The van der Waals surface area contributed by atoms with Crippen molar-refractivity contribution in [2.75, 3.05) is 0 Å². The molecule has 0 aromatic heterocycles. The summed E-state index contributed by atoms with van der Waals surface area (Å²) in [6, 6.07) is 0. The molecule has 64 valence electrons. The van der Waals surface area contributed by atoms with Gasteiger partial charge in [-0.3, -0.25) is 0 Å². The molecule has 1 N–H and O–H groups in total. The first-order valence-corrected chi connectivity index (χ1v) is 4.51. The second-order valence-electron chi connectivity index (χ2n) is 4.92. The Labute approximate surface area is 70.2 Å². The van der Waals surface area contributed by atoms with Crippen molar-refractivity contribution in [3.63, 3.8) is 0 Å². The zero-order valence-electron chi connectivity index (χ0n) is 8.59. The fourth-order valence-corrected chi connectivity index (χ4v) is 2.86. The highest BCUT2D eigenvalue weighted by Gasteiger charge is 2.60. The van der Waals surface area contributed by atoms with E-state index < -0.39 is 6.10 Å². The van der Waals surface area contributed by atoms with E-state index in [1.54, 1.807) is 0 Å². The maximum Gasteiger partial charge on any atom is 0.0601 e. The maximum absolute atomic E-state index is 9.90. The molecule has 1 heteroatoms. The van der Waals surface area contributed by atoms with Crippen molar-refractivity contribution < 1.29 is 6.48 Å². The number of hydrogen-bond acceptors (Lipinski definition) is 1. The van der Waals surface area contributed by atoms with Gasteiger partial charge in [0.15, 0.2) is 0 Å². The maximum atomic E-state index is 9.90. The summed E-state index contributed by atoms with van der Waals surface area (Å²) in [4.78, 5) is 0. The first kappa shape index (κ1) is 6.47. The van der Waals surface area contributed by atoms with Crippen LogP contribution in [-0.4, -0.2) is 11.2 Å². The lowest BCUT2D eigenvalue weighted by molar-refractivity contribution is 0.0126. The molecule has 2 saturated carbocycles. The summed E-state index contributed by atoms with van der Waals surface area (Å²) in [6.07, 6.45) is 1.60. The highest BCUT2D eigenvalue weighted by Crippen LogP contribution is 2.65. The van der Waals surface area contributed by atoms with Gasteiger partial charge in [-0.1, -0.05) is 20.8 Å². The van der Waals surface area contributed by atoms with Crippen LogP contribution in [-0.2, 0) is 0 Å².